The summed E-state index contributed by atoms with van der Waals surface area (Å²) in [4.78, 5) is 13.6. The van der Waals surface area contributed by atoms with Crippen molar-refractivity contribution in [2.24, 2.45) is 0 Å². The maximum absolute atomic E-state index is 12.7. The maximum Gasteiger partial charge on any atom is 0.416 e. The van der Waals surface area contributed by atoms with Gasteiger partial charge < -0.3 is 10.2 Å². The predicted octanol–water partition coefficient (Wildman–Crippen LogP) is 4.82. The number of nitrogens with zero attached hydrogens (tertiary/aromatic N) is 1. The van der Waals surface area contributed by atoms with Gasteiger partial charge in [0.05, 0.1) is 16.3 Å². The van der Waals surface area contributed by atoms with E-state index in [1.807, 2.05) is 18.2 Å². The summed E-state index contributed by atoms with van der Waals surface area (Å²) in [7, 11) is 1.65. The predicted molar refractivity (Wildman–Crippen MR) is 89.4 cm³/mol. The minimum Gasteiger partial charge on any atom is -0.383 e. The van der Waals surface area contributed by atoms with E-state index in [9.17, 15) is 18.0 Å². The van der Waals surface area contributed by atoms with E-state index in [0.29, 0.717) is 0 Å². The van der Waals surface area contributed by atoms with Crippen molar-refractivity contribution in [3.05, 3.63) is 59.1 Å². The fourth-order valence-corrected chi connectivity index (χ4v) is 2.29. The van der Waals surface area contributed by atoms with Crippen LogP contribution in [0.5, 0.6) is 0 Å². The molecule has 0 saturated heterocycles. The average molecular weight is 357 g/mol. The molecule has 0 spiro atoms. The lowest BCUT2D eigenvalue weighted by Gasteiger charge is -2.18. The maximum atomic E-state index is 12.7. The van der Waals surface area contributed by atoms with Crippen molar-refractivity contribution >= 4 is 28.9 Å². The van der Waals surface area contributed by atoms with Gasteiger partial charge in [-0.05, 0) is 30.3 Å². The molecule has 1 amide bonds. The Morgan fingerprint density at radius 2 is 1.83 bits per heavy atom. The molecule has 24 heavy (non-hydrogen) atoms. The van der Waals surface area contributed by atoms with E-state index in [4.69, 9.17) is 11.6 Å². The fourth-order valence-electron chi connectivity index (χ4n) is 2.10. The molecule has 0 aliphatic carbocycles. The smallest absolute Gasteiger partial charge is 0.383 e. The van der Waals surface area contributed by atoms with Gasteiger partial charge in [0, 0.05) is 25.7 Å². The van der Waals surface area contributed by atoms with Crippen molar-refractivity contribution in [1.29, 1.82) is 0 Å². The summed E-state index contributed by atoms with van der Waals surface area (Å²) < 4.78 is 38.1. The molecule has 0 aliphatic heterocycles. The van der Waals surface area contributed by atoms with Gasteiger partial charge in [-0.15, -0.1) is 0 Å². The van der Waals surface area contributed by atoms with Crippen LogP contribution in [0.25, 0.3) is 0 Å². The highest BCUT2D eigenvalue weighted by Crippen LogP contribution is 2.33. The number of halogens is 4. The van der Waals surface area contributed by atoms with Gasteiger partial charge in [-0.2, -0.15) is 13.2 Å². The SMILES string of the molecule is CN(C(=O)CCNc1cc(C(F)(F)F)ccc1Cl)c1ccccc1. The molecule has 3 nitrogen and oxygen atoms in total. The van der Waals surface area contributed by atoms with Crippen LogP contribution in [0, 0.1) is 0 Å². The molecule has 128 valence electrons. The zero-order valence-electron chi connectivity index (χ0n) is 12.9. The van der Waals surface area contributed by atoms with Gasteiger partial charge in [0.1, 0.15) is 0 Å². The molecule has 0 unspecified atom stereocenters. The summed E-state index contributed by atoms with van der Waals surface area (Å²) >= 11 is 5.89. The lowest BCUT2D eigenvalue weighted by Crippen LogP contribution is -2.27. The van der Waals surface area contributed by atoms with Gasteiger partial charge in [0.25, 0.3) is 0 Å². The number of anilines is 2. The molecule has 0 heterocycles. The highest BCUT2D eigenvalue weighted by molar-refractivity contribution is 6.33. The number of amides is 1. The number of nitrogens with one attached hydrogen (secondary N) is 1. The quantitative estimate of drug-likeness (QED) is 0.832. The van der Waals surface area contributed by atoms with E-state index in [0.717, 1.165) is 17.8 Å². The van der Waals surface area contributed by atoms with Crippen LogP contribution in [0.1, 0.15) is 12.0 Å². The lowest BCUT2D eigenvalue weighted by atomic mass is 10.2. The minimum absolute atomic E-state index is 0.123. The number of carbonyl (C=O) groups is 1. The third-order valence-electron chi connectivity index (χ3n) is 3.47. The third kappa shape index (κ3) is 4.64. The first-order valence-electron chi connectivity index (χ1n) is 7.21. The lowest BCUT2D eigenvalue weighted by molar-refractivity contribution is -0.137. The van der Waals surface area contributed by atoms with E-state index in [-0.39, 0.29) is 29.6 Å². The van der Waals surface area contributed by atoms with Crippen molar-refractivity contribution in [2.45, 2.75) is 12.6 Å². The van der Waals surface area contributed by atoms with E-state index in [2.05, 4.69) is 5.32 Å². The zero-order chi connectivity index (χ0) is 17.7. The Morgan fingerprint density at radius 3 is 2.46 bits per heavy atom. The highest BCUT2D eigenvalue weighted by Gasteiger charge is 2.30. The van der Waals surface area contributed by atoms with Crippen molar-refractivity contribution in [3.8, 4) is 0 Å². The first-order chi connectivity index (χ1) is 11.3. The van der Waals surface area contributed by atoms with Crippen molar-refractivity contribution < 1.29 is 18.0 Å². The van der Waals surface area contributed by atoms with Crippen molar-refractivity contribution in [1.82, 2.24) is 0 Å². The molecule has 0 saturated carbocycles. The topological polar surface area (TPSA) is 32.3 Å². The molecule has 0 atom stereocenters. The summed E-state index contributed by atoms with van der Waals surface area (Å²) in [5.41, 5.74) is 0.114. The summed E-state index contributed by atoms with van der Waals surface area (Å²) in [6.45, 7) is 0.178. The van der Waals surface area contributed by atoms with Crippen molar-refractivity contribution in [3.63, 3.8) is 0 Å². The van der Waals surface area contributed by atoms with Crippen LogP contribution in [0.3, 0.4) is 0 Å². The van der Waals surface area contributed by atoms with Crippen LogP contribution in [-0.4, -0.2) is 19.5 Å². The van der Waals surface area contributed by atoms with E-state index in [1.165, 1.54) is 11.0 Å². The molecule has 0 radical (unpaired) electrons. The summed E-state index contributed by atoms with van der Waals surface area (Å²) in [6.07, 6.45) is -4.32. The normalized spacial score (nSPS) is 11.2. The van der Waals surface area contributed by atoms with Gasteiger partial charge >= 0.3 is 6.18 Å². The number of alkyl halides is 3. The van der Waals surface area contributed by atoms with Crippen molar-refractivity contribution in [2.75, 3.05) is 23.8 Å². The first-order valence-corrected chi connectivity index (χ1v) is 7.59. The summed E-state index contributed by atoms with van der Waals surface area (Å²) in [5.74, 6) is -0.156. The number of carbonyl (C=O) groups excluding carboxylic acids is 1. The zero-order valence-corrected chi connectivity index (χ0v) is 13.7. The summed E-state index contributed by atoms with van der Waals surface area (Å²) in [5, 5.41) is 2.96. The van der Waals surface area contributed by atoms with Crippen LogP contribution in [0.15, 0.2) is 48.5 Å². The second-order valence-corrected chi connectivity index (χ2v) is 5.56. The standard InChI is InChI=1S/C17H16ClF3N2O/c1-23(13-5-3-2-4-6-13)16(24)9-10-22-15-11-12(17(19,20)21)7-8-14(15)18/h2-8,11,22H,9-10H2,1H3. The van der Waals surface area contributed by atoms with Crippen LogP contribution < -0.4 is 10.2 Å². The Labute approximate surface area is 143 Å². The monoisotopic (exact) mass is 356 g/mol. The Kier molecular flexibility index (Phi) is 5.72. The molecule has 0 aromatic heterocycles. The molecule has 2 rings (SSSR count). The number of rotatable bonds is 5. The first kappa shape index (κ1) is 18.1. The second-order valence-electron chi connectivity index (χ2n) is 5.16. The Morgan fingerprint density at radius 1 is 1.17 bits per heavy atom. The highest BCUT2D eigenvalue weighted by atomic mass is 35.5. The number of hydrogen-bond donors (Lipinski definition) is 1. The Hall–Kier alpha value is -2.21. The third-order valence-corrected chi connectivity index (χ3v) is 3.80. The van der Waals surface area contributed by atoms with Gasteiger partial charge in [-0.3, -0.25) is 4.79 Å². The van der Waals surface area contributed by atoms with E-state index in [1.54, 1.807) is 19.2 Å². The average Bonchev–Trinajstić information content (AvgIpc) is 2.55. The molecular weight excluding hydrogens is 341 g/mol. The largest absolute Gasteiger partial charge is 0.416 e. The van der Waals surface area contributed by atoms with Gasteiger partial charge in [0.2, 0.25) is 5.91 Å². The van der Waals surface area contributed by atoms with Crippen LogP contribution in [-0.2, 0) is 11.0 Å². The molecule has 0 fully saturated rings. The molecular formula is C17H16ClF3N2O. The molecule has 2 aromatic carbocycles. The van der Waals surface area contributed by atoms with E-state index >= 15 is 0 Å². The molecule has 7 heteroatoms. The number of benzene rings is 2. The number of para-hydroxylation sites is 1. The van der Waals surface area contributed by atoms with Crippen LogP contribution >= 0.6 is 11.6 Å². The van der Waals surface area contributed by atoms with Crippen LogP contribution in [0.4, 0.5) is 24.5 Å². The fraction of sp³-hybridized carbons (Fsp3) is 0.235. The Bertz CT molecular complexity index is 705. The molecule has 1 N–H and O–H groups in total. The molecule has 0 bridgehead atoms. The summed E-state index contributed by atoms with van der Waals surface area (Å²) in [6, 6.07) is 12.1. The van der Waals surface area contributed by atoms with E-state index < -0.39 is 11.7 Å². The van der Waals surface area contributed by atoms with Gasteiger partial charge in [-0.25, -0.2) is 0 Å². The minimum atomic E-state index is -4.44. The molecule has 2 aromatic rings. The van der Waals surface area contributed by atoms with Crippen LogP contribution in [0.2, 0.25) is 5.02 Å². The molecule has 0 aliphatic rings. The Balaban J connectivity index is 1.96. The number of hydrogen-bond acceptors (Lipinski definition) is 2. The van der Waals surface area contributed by atoms with Gasteiger partial charge in [-0.1, -0.05) is 29.8 Å². The van der Waals surface area contributed by atoms with Gasteiger partial charge in [0.15, 0.2) is 0 Å². The second kappa shape index (κ2) is 7.57.